The lowest BCUT2D eigenvalue weighted by atomic mass is 10.1. The van der Waals surface area contributed by atoms with Crippen LogP contribution in [0.25, 0.3) is 0 Å². The van der Waals surface area contributed by atoms with Crippen molar-refractivity contribution >= 4 is 5.69 Å². The van der Waals surface area contributed by atoms with Gasteiger partial charge in [-0.1, -0.05) is 11.6 Å². The molecule has 0 bridgehead atoms. The molecule has 0 radical (unpaired) electrons. The van der Waals surface area contributed by atoms with Crippen molar-refractivity contribution in [2.75, 3.05) is 25.0 Å². The van der Waals surface area contributed by atoms with E-state index in [1.165, 1.54) is 17.7 Å². The molecule has 1 aliphatic heterocycles. The lowest BCUT2D eigenvalue weighted by molar-refractivity contribution is 0.627. The Bertz CT molecular complexity index is 488. The Balaban J connectivity index is 1.90. The van der Waals surface area contributed by atoms with Crippen LogP contribution in [0.5, 0.6) is 0 Å². The smallest absolute Gasteiger partial charge is 0.124 e. The van der Waals surface area contributed by atoms with Gasteiger partial charge in [0.2, 0.25) is 0 Å². The zero-order valence-electron chi connectivity index (χ0n) is 10.2. The van der Waals surface area contributed by atoms with Gasteiger partial charge in [0.05, 0.1) is 11.3 Å². The number of hydrogen-bond donors (Lipinski definition) is 2. The van der Waals surface area contributed by atoms with Crippen LogP contribution in [0, 0.1) is 17.1 Å². The minimum Gasteiger partial charge on any atom is -0.384 e. The Morgan fingerprint density at radius 3 is 3.06 bits per heavy atom. The fourth-order valence-corrected chi connectivity index (χ4v) is 2.02. The van der Waals surface area contributed by atoms with Crippen LogP contribution in [0.3, 0.4) is 0 Å². The average Bonchev–Trinajstić information content (AvgIpc) is 2.41. The molecule has 18 heavy (non-hydrogen) atoms. The topological polar surface area (TPSA) is 47.9 Å². The van der Waals surface area contributed by atoms with Gasteiger partial charge in [-0.2, -0.15) is 5.26 Å². The van der Waals surface area contributed by atoms with Gasteiger partial charge < -0.3 is 10.6 Å². The van der Waals surface area contributed by atoms with E-state index in [4.69, 9.17) is 5.26 Å². The summed E-state index contributed by atoms with van der Waals surface area (Å²) in [6.45, 7) is 2.74. The predicted molar refractivity (Wildman–Crippen MR) is 69.8 cm³/mol. The molecule has 0 spiro atoms. The molecule has 2 N–H and O–H groups in total. The van der Waals surface area contributed by atoms with Crippen LogP contribution in [-0.4, -0.2) is 19.6 Å². The highest BCUT2D eigenvalue weighted by atomic mass is 19.1. The monoisotopic (exact) mass is 245 g/mol. The van der Waals surface area contributed by atoms with Crippen molar-refractivity contribution in [1.29, 1.82) is 5.26 Å². The molecule has 4 heteroatoms. The molecule has 0 fully saturated rings. The van der Waals surface area contributed by atoms with Gasteiger partial charge in [0, 0.05) is 13.1 Å². The van der Waals surface area contributed by atoms with E-state index in [0.29, 0.717) is 11.3 Å². The van der Waals surface area contributed by atoms with Crippen LogP contribution >= 0.6 is 0 Å². The molecule has 0 amide bonds. The summed E-state index contributed by atoms with van der Waals surface area (Å²) in [6, 6.07) is 6.24. The first-order chi connectivity index (χ1) is 8.79. The second kappa shape index (κ2) is 6.18. The molecule has 0 saturated heterocycles. The quantitative estimate of drug-likeness (QED) is 0.801. The molecule has 0 aliphatic carbocycles. The largest absolute Gasteiger partial charge is 0.384 e. The summed E-state index contributed by atoms with van der Waals surface area (Å²) in [6.07, 6.45) is 4.25. The van der Waals surface area contributed by atoms with E-state index < -0.39 is 0 Å². The van der Waals surface area contributed by atoms with Crippen LogP contribution < -0.4 is 10.6 Å². The number of nitrogens with one attached hydrogen (secondary N) is 2. The molecule has 1 heterocycles. The average molecular weight is 245 g/mol. The van der Waals surface area contributed by atoms with Gasteiger partial charge in [-0.15, -0.1) is 0 Å². The maximum absolute atomic E-state index is 13.0. The molecule has 0 saturated carbocycles. The lowest BCUT2D eigenvalue weighted by Gasteiger charge is -2.15. The molecule has 2 rings (SSSR count). The molecule has 1 aromatic rings. The van der Waals surface area contributed by atoms with Crippen molar-refractivity contribution in [1.82, 2.24) is 5.32 Å². The lowest BCUT2D eigenvalue weighted by Crippen LogP contribution is -2.21. The van der Waals surface area contributed by atoms with E-state index in [1.807, 2.05) is 6.07 Å². The van der Waals surface area contributed by atoms with Crippen molar-refractivity contribution in [2.45, 2.75) is 12.8 Å². The highest BCUT2D eigenvalue weighted by Crippen LogP contribution is 2.17. The first-order valence-corrected chi connectivity index (χ1v) is 6.12. The van der Waals surface area contributed by atoms with E-state index in [1.54, 1.807) is 6.07 Å². The predicted octanol–water partition coefficient (Wildman–Crippen LogP) is 2.42. The molecule has 0 atom stereocenters. The Kier molecular flexibility index (Phi) is 4.32. The number of nitrogens with zero attached hydrogens (tertiary/aromatic N) is 1. The SMILES string of the molecule is N#Cc1cc(F)ccc1NCCC1=CCNCC1. The second-order valence-corrected chi connectivity index (χ2v) is 4.29. The number of hydrogen-bond acceptors (Lipinski definition) is 3. The number of nitriles is 1. The van der Waals surface area contributed by atoms with Crippen molar-refractivity contribution in [3.05, 3.63) is 41.2 Å². The Morgan fingerprint density at radius 1 is 1.44 bits per heavy atom. The van der Waals surface area contributed by atoms with Crippen LogP contribution in [0.15, 0.2) is 29.8 Å². The van der Waals surface area contributed by atoms with Gasteiger partial charge in [-0.05, 0) is 37.6 Å². The van der Waals surface area contributed by atoms with Crippen molar-refractivity contribution in [3.63, 3.8) is 0 Å². The molecule has 94 valence electrons. The highest BCUT2D eigenvalue weighted by Gasteiger charge is 2.05. The van der Waals surface area contributed by atoms with E-state index in [0.717, 1.165) is 32.5 Å². The summed E-state index contributed by atoms with van der Waals surface area (Å²) < 4.78 is 13.0. The third-order valence-corrected chi connectivity index (χ3v) is 3.02. The minimum absolute atomic E-state index is 0.356. The van der Waals surface area contributed by atoms with Crippen LogP contribution in [0.4, 0.5) is 10.1 Å². The first-order valence-electron chi connectivity index (χ1n) is 6.12. The Morgan fingerprint density at radius 2 is 2.33 bits per heavy atom. The third kappa shape index (κ3) is 3.31. The standard InChI is InChI=1S/C14H16FN3/c15-13-1-2-14(12(9-13)10-16)18-8-5-11-3-6-17-7-4-11/h1-3,9,17-18H,4-8H2. The summed E-state index contributed by atoms with van der Waals surface area (Å²) in [5, 5.41) is 15.4. The fraction of sp³-hybridized carbons (Fsp3) is 0.357. The number of benzene rings is 1. The van der Waals surface area contributed by atoms with Gasteiger partial charge in [0.1, 0.15) is 11.9 Å². The zero-order valence-corrected chi connectivity index (χ0v) is 10.2. The summed E-state index contributed by atoms with van der Waals surface area (Å²) in [4.78, 5) is 0. The van der Waals surface area contributed by atoms with Crippen LogP contribution in [0.1, 0.15) is 18.4 Å². The normalized spacial score (nSPS) is 14.8. The maximum Gasteiger partial charge on any atom is 0.124 e. The number of halogens is 1. The number of rotatable bonds is 4. The van der Waals surface area contributed by atoms with E-state index in [2.05, 4.69) is 16.7 Å². The van der Waals surface area contributed by atoms with Gasteiger partial charge in [-0.3, -0.25) is 0 Å². The zero-order chi connectivity index (χ0) is 12.8. The molecule has 3 nitrogen and oxygen atoms in total. The summed E-state index contributed by atoms with van der Waals surface area (Å²) in [7, 11) is 0. The maximum atomic E-state index is 13.0. The molecule has 1 aliphatic rings. The minimum atomic E-state index is -0.377. The van der Waals surface area contributed by atoms with Gasteiger partial charge >= 0.3 is 0 Å². The molecule has 0 unspecified atom stereocenters. The van der Waals surface area contributed by atoms with Crippen LogP contribution in [-0.2, 0) is 0 Å². The van der Waals surface area contributed by atoms with Crippen molar-refractivity contribution in [3.8, 4) is 6.07 Å². The van der Waals surface area contributed by atoms with Crippen molar-refractivity contribution < 1.29 is 4.39 Å². The molecule has 0 aromatic heterocycles. The van der Waals surface area contributed by atoms with E-state index in [9.17, 15) is 4.39 Å². The Labute approximate surface area is 106 Å². The van der Waals surface area contributed by atoms with Crippen LogP contribution in [0.2, 0.25) is 0 Å². The van der Waals surface area contributed by atoms with E-state index >= 15 is 0 Å². The van der Waals surface area contributed by atoms with Crippen molar-refractivity contribution in [2.24, 2.45) is 0 Å². The third-order valence-electron chi connectivity index (χ3n) is 3.02. The first kappa shape index (κ1) is 12.6. The fourth-order valence-electron chi connectivity index (χ4n) is 2.02. The number of anilines is 1. The van der Waals surface area contributed by atoms with Gasteiger partial charge in [0.15, 0.2) is 0 Å². The molecule has 1 aromatic carbocycles. The molecular formula is C14H16FN3. The Hall–Kier alpha value is -1.86. The second-order valence-electron chi connectivity index (χ2n) is 4.29. The summed E-state index contributed by atoms with van der Waals surface area (Å²) in [5.41, 5.74) is 2.49. The molecular weight excluding hydrogens is 229 g/mol. The van der Waals surface area contributed by atoms with Gasteiger partial charge in [0.25, 0.3) is 0 Å². The summed E-state index contributed by atoms with van der Waals surface area (Å²) >= 11 is 0. The van der Waals surface area contributed by atoms with Gasteiger partial charge in [-0.25, -0.2) is 4.39 Å². The summed E-state index contributed by atoms with van der Waals surface area (Å²) in [5.74, 6) is -0.377. The highest BCUT2D eigenvalue weighted by molar-refractivity contribution is 5.57. The van der Waals surface area contributed by atoms with E-state index in [-0.39, 0.29) is 5.82 Å².